The van der Waals surface area contributed by atoms with Gasteiger partial charge in [-0.05, 0) is 62.2 Å². The third kappa shape index (κ3) is 5.23. The first-order valence-electron chi connectivity index (χ1n) is 9.44. The zero-order chi connectivity index (χ0) is 20.8. The van der Waals surface area contributed by atoms with Gasteiger partial charge in [-0.15, -0.1) is 0 Å². The van der Waals surface area contributed by atoms with Crippen molar-refractivity contribution in [3.8, 4) is 5.75 Å². The molecular formula is C24H24N2O3. The maximum absolute atomic E-state index is 12.6. The van der Waals surface area contributed by atoms with Gasteiger partial charge in [-0.1, -0.05) is 42.5 Å². The molecule has 0 saturated heterocycles. The fourth-order valence-corrected chi connectivity index (χ4v) is 2.92. The summed E-state index contributed by atoms with van der Waals surface area (Å²) in [7, 11) is 0. The van der Waals surface area contributed by atoms with Gasteiger partial charge in [0.1, 0.15) is 5.75 Å². The highest BCUT2D eigenvalue weighted by atomic mass is 16.5. The summed E-state index contributed by atoms with van der Waals surface area (Å²) in [4.78, 5) is 25.0. The summed E-state index contributed by atoms with van der Waals surface area (Å²) < 4.78 is 5.88. The molecule has 0 heterocycles. The van der Waals surface area contributed by atoms with Crippen LogP contribution < -0.4 is 15.4 Å². The Morgan fingerprint density at radius 2 is 1.41 bits per heavy atom. The lowest BCUT2D eigenvalue weighted by Gasteiger charge is -2.18. The van der Waals surface area contributed by atoms with Crippen molar-refractivity contribution in [1.82, 2.24) is 0 Å². The number of carbonyl (C=O) groups is 2. The van der Waals surface area contributed by atoms with Gasteiger partial charge in [0.05, 0.1) is 0 Å². The van der Waals surface area contributed by atoms with E-state index in [-0.39, 0.29) is 11.8 Å². The highest BCUT2D eigenvalue weighted by Crippen LogP contribution is 2.24. The molecule has 0 radical (unpaired) electrons. The molecule has 2 amide bonds. The molecule has 5 heteroatoms. The summed E-state index contributed by atoms with van der Waals surface area (Å²) >= 11 is 0. The fourth-order valence-electron chi connectivity index (χ4n) is 2.92. The predicted molar refractivity (Wildman–Crippen MR) is 115 cm³/mol. The molecule has 1 unspecified atom stereocenters. The van der Waals surface area contributed by atoms with Gasteiger partial charge < -0.3 is 15.4 Å². The van der Waals surface area contributed by atoms with E-state index in [0.29, 0.717) is 22.7 Å². The van der Waals surface area contributed by atoms with Crippen molar-refractivity contribution in [3.63, 3.8) is 0 Å². The van der Waals surface area contributed by atoms with Crippen LogP contribution in [0.2, 0.25) is 0 Å². The number of benzene rings is 3. The van der Waals surface area contributed by atoms with Crippen molar-refractivity contribution in [3.05, 3.63) is 89.5 Å². The molecule has 0 aliphatic rings. The van der Waals surface area contributed by atoms with E-state index in [0.717, 1.165) is 11.1 Å². The average Bonchev–Trinajstić information content (AvgIpc) is 2.71. The van der Waals surface area contributed by atoms with Gasteiger partial charge in [-0.3, -0.25) is 9.59 Å². The summed E-state index contributed by atoms with van der Waals surface area (Å²) in [5, 5.41) is 5.65. The summed E-state index contributed by atoms with van der Waals surface area (Å²) in [6.45, 7) is 5.59. The molecular weight excluding hydrogens is 364 g/mol. The van der Waals surface area contributed by atoms with E-state index in [1.165, 1.54) is 0 Å². The second-order valence-electron chi connectivity index (χ2n) is 6.87. The number of hydrogen-bond donors (Lipinski definition) is 2. The molecule has 3 aromatic carbocycles. The van der Waals surface area contributed by atoms with Crippen LogP contribution in [0.1, 0.15) is 28.4 Å². The topological polar surface area (TPSA) is 67.4 Å². The van der Waals surface area contributed by atoms with Crippen LogP contribution in [0, 0.1) is 13.8 Å². The van der Waals surface area contributed by atoms with Crippen molar-refractivity contribution in [1.29, 1.82) is 0 Å². The Bertz CT molecular complexity index is 995. The molecule has 0 bridgehead atoms. The third-order valence-corrected chi connectivity index (χ3v) is 4.50. The Morgan fingerprint density at radius 1 is 0.793 bits per heavy atom. The van der Waals surface area contributed by atoms with E-state index in [1.807, 2.05) is 62.4 Å². The van der Waals surface area contributed by atoms with Crippen LogP contribution in [0.5, 0.6) is 5.75 Å². The zero-order valence-corrected chi connectivity index (χ0v) is 16.7. The zero-order valence-electron chi connectivity index (χ0n) is 16.7. The molecule has 29 heavy (non-hydrogen) atoms. The first kappa shape index (κ1) is 20.1. The maximum Gasteiger partial charge on any atom is 0.265 e. The lowest BCUT2D eigenvalue weighted by atomic mass is 10.1. The Balaban J connectivity index is 1.66. The number of nitrogens with one attached hydrogen (secondary N) is 2. The fraction of sp³-hybridized carbons (Fsp3) is 0.167. The molecule has 148 valence electrons. The number of carbonyl (C=O) groups excluding carboxylic acids is 2. The van der Waals surface area contributed by atoms with Gasteiger partial charge in [-0.25, -0.2) is 0 Å². The van der Waals surface area contributed by atoms with Gasteiger partial charge in [0, 0.05) is 16.9 Å². The minimum atomic E-state index is -0.684. The van der Waals surface area contributed by atoms with E-state index in [1.54, 1.807) is 31.2 Å². The van der Waals surface area contributed by atoms with E-state index in [2.05, 4.69) is 10.6 Å². The quantitative estimate of drug-likeness (QED) is 0.627. The minimum Gasteiger partial charge on any atom is -0.480 e. The standard InChI is InChI=1S/C24H24N2O3/c1-16-9-7-10-17(2)22(16)29-18(3)23(27)26-21-14-8-11-19(15-21)24(28)25-20-12-5-4-6-13-20/h4-15,18H,1-3H3,(H,25,28)(H,26,27). The van der Waals surface area contributed by atoms with Gasteiger partial charge in [0.15, 0.2) is 6.10 Å². The molecule has 3 aromatic rings. The van der Waals surface area contributed by atoms with E-state index in [4.69, 9.17) is 4.74 Å². The normalized spacial score (nSPS) is 11.4. The molecule has 0 fully saturated rings. The molecule has 1 atom stereocenters. The van der Waals surface area contributed by atoms with Crippen LogP contribution in [-0.4, -0.2) is 17.9 Å². The average molecular weight is 388 g/mol. The SMILES string of the molecule is Cc1cccc(C)c1OC(C)C(=O)Nc1cccc(C(=O)Nc2ccccc2)c1. The van der Waals surface area contributed by atoms with Crippen LogP contribution in [0.25, 0.3) is 0 Å². The van der Waals surface area contributed by atoms with Crippen LogP contribution >= 0.6 is 0 Å². The summed E-state index contributed by atoms with van der Waals surface area (Å²) in [5.41, 5.74) is 3.65. The van der Waals surface area contributed by atoms with Crippen molar-refractivity contribution in [2.45, 2.75) is 26.9 Å². The van der Waals surface area contributed by atoms with E-state index < -0.39 is 6.10 Å². The van der Waals surface area contributed by atoms with Gasteiger partial charge in [-0.2, -0.15) is 0 Å². The van der Waals surface area contributed by atoms with Crippen LogP contribution in [0.4, 0.5) is 11.4 Å². The Labute approximate surface area is 170 Å². The monoisotopic (exact) mass is 388 g/mol. The van der Waals surface area contributed by atoms with Crippen LogP contribution in [0.3, 0.4) is 0 Å². The van der Waals surface area contributed by atoms with Crippen molar-refractivity contribution < 1.29 is 14.3 Å². The van der Waals surface area contributed by atoms with Crippen LogP contribution in [0.15, 0.2) is 72.8 Å². The summed E-state index contributed by atoms with van der Waals surface area (Å²) in [5.74, 6) is 0.187. The first-order chi connectivity index (χ1) is 13.9. The molecule has 2 N–H and O–H groups in total. The second kappa shape index (κ2) is 9.06. The molecule has 0 aliphatic carbocycles. The summed E-state index contributed by atoms with van der Waals surface area (Å²) in [6.07, 6.45) is -0.684. The number of para-hydroxylation sites is 2. The molecule has 5 nitrogen and oxygen atoms in total. The smallest absolute Gasteiger partial charge is 0.265 e. The molecule has 0 aliphatic heterocycles. The number of ether oxygens (including phenoxy) is 1. The molecule has 0 saturated carbocycles. The van der Waals surface area contributed by atoms with E-state index >= 15 is 0 Å². The Morgan fingerprint density at radius 3 is 2.10 bits per heavy atom. The number of rotatable bonds is 6. The Hall–Kier alpha value is -3.60. The minimum absolute atomic E-state index is 0.243. The van der Waals surface area contributed by atoms with Gasteiger partial charge in [0.2, 0.25) is 0 Å². The largest absolute Gasteiger partial charge is 0.480 e. The lowest BCUT2D eigenvalue weighted by molar-refractivity contribution is -0.122. The predicted octanol–water partition coefficient (Wildman–Crippen LogP) is 4.96. The van der Waals surface area contributed by atoms with Gasteiger partial charge >= 0.3 is 0 Å². The number of aryl methyl sites for hydroxylation is 2. The highest BCUT2D eigenvalue weighted by Gasteiger charge is 2.17. The van der Waals surface area contributed by atoms with Crippen molar-refractivity contribution in [2.75, 3.05) is 10.6 Å². The van der Waals surface area contributed by atoms with Gasteiger partial charge in [0.25, 0.3) is 11.8 Å². The molecule has 0 spiro atoms. The highest BCUT2D eigenvalue weighted by molar-refractivity contribution is 6.05. The van der Waals surface area contributed by atoms with Crippen LogP contribution in [-0.2, 0) is 4.79 Å². The Kier molecular flexibility index (Phi) is 6.29. The molecule has 0 aromatic heterocycles. The van der Waals surface area contributed by atoms with E-state index in [9.17, 15) is 9.59 Å². The number of hydrogen-bond acceptors (Lipinski definition) is 3. The lowest BCUT2D eigenvalue weighted by Crippen LogP contribution is -2.30. The summed E-state index contributed by atoms with van der Waals surface area (Å²) in [6, 6.07) is 21.9. The van der Waals surface area contributed by atoms with Crippen molar-refractivity contribution in [2.24, 2.45) is 0 Å². The molecule has 3 rings (SSSR count). The first-order valence-corrected chi connectivity index (χ1v) is 9.44. The number of amides is 2. The second-order valence-corrected chi connectivity index (χ2v) is 6.87. The number of anilines is 2. The third-order valence-electron chi connectivity index (χ3n) is 4.50. The maximum atomic E-state index is 12.6. The van der Waals surface area contributed by atoms with Crippen molar-refractivity contribution >= 4 is 23.2 Å².